The Morgan fingerprint density at radius 3 is 2.71 bits per heavy atom. The molecule has 4 nitrogen and oxygen atoms in total. The van der Waals surface area contributed by atoms with Crippen LogP contribution in [0.15, 0.2) is 34.9 Å². The van der Waals surface area contributed by atoms with Crippen molar-refractivity contribution in [3.8, 4) is 11.3 Å². The van der Waals surface area contributed by atoms with E-state index in [9.17, 15) is 0 Å². The van der Waals surface area contributed by atoms with Gasteiger partial charge < -0.3 is 10.3 Å². The van der Waals surface area contributed by atoms with Gasteiger partial charge in [-0.2, -0.15) is 0 Å². The van der Waals surface area contributed by atoms with E-state index in [0.717, 1.165) is 11.3 Å². The van der Waals surface area contributed by atoms with Crippen LogP contribution in [0.3, 0.4) is 0 Å². The molecule has 0 amide bonds. The first-order valence-electron chi connectivity index (χ1n) is 5.49. The smallest absolute Gasteiger partial charge is 0.167 e. The lowest BCUT2D eigenvalue weighted by Gasteiger charge is -2.00. The number of benzene rings is 1. The maximum absolute atomic E-state index is 7.40. The molecule has 1 heterocycles. The van der Waals surface area contributed by atoms with Crippen molar-refractivity contribution in [2.75, 3.05) is 0 Å². The van der Waals surface area contributed by atoms with Crippen LogP contribution in [-0.2, 0) is 0 Å². The fourth-order valence-corrected chi connectivity index (χ4v) is 1.54. The van der Waals surface area contributed by atoms with Crippen molar-refractivity contribution >= 4 is 5.84 Å². The van der Waals surface area contributed by atoms with Crippen molar-refractivity contribution in [1.29, 1.82) is 5.41 Å². The third kappa shape index (κ3) is 2.36. The second-order valence-corrected chi connectivity index (χ2v) is 4.27. The molecule has 3 N–H and O–H groups in total. The number of nitrogens with zero attached hydrogens (tertiary/aromatic N) is 1. The van der Waals surface area contributed by atoms with Gasteiger partial charge in [0.2, 0.25) is 0 Å². The van der Waals surface area contributed by atoms with E-state index in [1.807, 2.05) is 24.3 Å². The standard InChI is InChI=1S/C13H15N3O/c1-8(2)11-7-12(17-16-11)9-4-3-5-10(6-9)13(14)15/h3-8H,1-2H3,(H3,14,15). The molecular formula is C13H15N3O. The van der Waals surface area contributed by atoms with Crippen LogP contribution >= 0.6 is 0 Å². The Bertz CT molecular complexity index is 543. The highest BCUT2D eigenvalue weighted by Crippen LogP contribution is 2.24. The minimum atomic E-state index is 0.0513. The van der Waals surface area contributed by atoms with Gasteiger partial charge in [0, 0.05) is 17.2 Å². The van der Waals surface area contributed by atoms with Gasteiger partial charge in [-0.25, -0.2) is 0 Å². The van der Waals surface area contributed by atoms with E-state index in [1.54, 1.807) is 6.07 Å². The highest BCUT2D eigenvalue weighted by molar-refractivity contribution is 5.95. The Hall–Kier alpha value is -2.10. The highest BCUT2D eigenvalue weighted by atomic mass is 16.5. The summed E-state index contributed by atoms with van der Waals surface area (Å²) < 4.78 is 5.29. The first-order valence-corrected chi connectivity index (χ1v) is 5.49. The summed E-state index contributed by atoms with van der Waals surface area (Å²) in [6, 6.07) is 9.31. The zero-order chi connectivity index (χ0) is 12.4. The Morgan fingerprint density at radius 1 is 1.35 bits per heavy atom. The third-order valence-corrected chi connectivity index (χ3v) is 2.58. The lowest BCUT2D eigenvalue weighted by atomic mass is 10.1. The van der Waals surface area contributed by atoms with Crippen LogP contribution in [0.2, 0.25) is 0 Å². The Morgan fingerprint density at radius 2 is 2.12 bits per heavy atom. The molecule has 0 fully saturated rings. The lowest BCUT2D eigenvalue weighted by Crippen LogP contribution is -2.10. The van der Waals surface area contributed by atoms with E-state index in [4.69, 9.17) is 15.7 Å². The van der Waals surface area contributed by atoms with E-state index in [-0.39, 0.29) is 5.84 Å². The van der Waals surface area contributed by atoms with Crippen LogP contribution < -0.4 is 5.73 Å². The van der Waals surface area contributed by atoms with Crippen LogP contribution in [0.5, 0.6) is 0 Å². The van der Waals surface area contributed by atoms with Crippen molar-refractivity contribution in [2.45, 2.75) is 19.8 Å². The summed E-state index contributed by atoms with van der Waals surface area (Å²) >= 11 is 0. The average molecular weight is 229 g/mol. The van der Waals surface area contributed by atoms with Gasteiger partial charge in [0.25, 0.3) is 0 Å². The summed E-state index contributed by atoms with van der Waals surface area (Å²) in [5.41, 5.74) is 7.95. The van der Waals surface area contributed by atoms with Gasteiger partial charge >= 0.3 is 0 Å². The summed E-state index contributed by atoms with van der Waals surface area (Å²) in [5, 5.41) is 11.4. The van der Waals surface area contributed by atoms with Crippen molar-refractivity contribution in [2.24, 2.45) is 5.73 Å². The van der Waals surface area contributed by atoms with Gasteiger partial charge in [0.05, 0.1) is 5.69 Å². The molecule has 0 unspecified atom stereocenters. The zero-order valence-corrected chi connectivity index (χ0v) is 9.90. The minimum absolute atomic E-state index is 0.0513. The van der Waals surface area contributed by atoms with Gasteiger partial charge in [-0.1, -0.05) is 37.2 Å². The highest BCUT2D eigenvalue weighted by Gasteiger charge is 2.10. The van der Waals surface area contributed by atoms with Crippen LogP contribution in [0.4, 0.5) is 0 Å². The first kappa shape index (κ1) is 11.4. The maximum Gasteiger partial charge on any atom is 0.167 e. The molecule has 2 rings (SSSR count). The number of nitrogens with two attached hydrogens (primary N) is 1. The van der Waals surface area contributed by atoms with Gasteiger partial charge in [-0.05, 0) is 12.0 Å². The summed E-state index contributed by atoms with van der Waals surface area (Å²) in [7, 11) is 0. The number of rotatable bonds is 3. The van der Waals surface area contributed by atoms with Gasteiger partial charge in [-0.15, -0.1) is 0 Å². The molecule has 0 radical (unpaired) electrons. The SMILES string of the molecule is CC(C)c1cc(-c2cccc(C(=N)N)c2)on1. The van der Waals surface area contributed by atoms with Crippen LogP contribution in [0.1, 0.15) is 31.0 Å². The predicted octanol–water partition coefficient (Wildman–Crippen LogP) is 2.75. The zero-order valence-electron chi connectivity index (χ0n) is 9.90. The predicted molar refractivity (Wildman–Crippen MR) is 67.0 cm³/mol. The molecule has 0 aliphatic heterocycles. The molecule has 17 heavy (non-hydrogen) atoms. The van der Waals surface area contributed by atoms with E-state index >= 15 is 0 Å². The summed E-state index contributed by atoms with van der Waals surface area (Å²) in [5.74, 6) is 1.09. The number of nitrogen functional groups attached to an aromatic ring is 1. The second-order valence-electron chi connectivity index (χ2n) is 4.27. The molecular weight excluding hydrogens is 214 g/mol. The summed E-state index contributed by atoms with van der Waals surface area (Å²) in [6.07, 6.45) is 0. The largest absolute Gasteiger partial charge is 0.384 e. The topological polar surface area (TPSA) is 75.9 Å². The molecule has 0 aliphatic carbocycles. The van der Waals surface area contributed by atoms with Gasteiger partial charge in [0.15, 0.2) is 5.76 Å². The number of amidine groups is 1. The molecule has 0 bridgehead atoms. The second kappa shape index (κ2) is 4.41. The number of nitrogens with one attached hydrogen (secondary N) is 1. The van der Waals surface area contributed by atoms with Crippen molar-refractivity contribution in [3.05, 3.63) is 41.6 Å². The normalized spacial score (nSPS) is 10.8. The van der Waals surface area contributed by atoms with E-state index in [0.29, 0.717) is 17.2 Å². The number of hydrogen-bond donors (Lipinski definition) is 2. The summed E-state index contributed by atoms with van der Waals surface area (Å²) in [6.45, 7) is 4.13. The molecule has 4 heteroatoms. The third-order valence-electron chi connectivity index (χ3n) is 2.58. The summed E-state index contributed by atoms with van der Waals surface area (Å²) in [4.78, 5) is 0. The molecule has 0 spiro atoms. The number of aromatic nitrogens is 1. The quantitative estimate of drug-likeness (QED) is 0.627. The van der Waals surface area contributed by atoms with E-state index in [2.05, 4.69) is 19.0 Å². The fraction of sp³-hybridized carbons (Fsp3) is 0.231. The Kier molecular flexibility index (Phi) is 2.95. The average Bonchev–Trinajstić information content (AvgIpc) is 2.78. The van der Waals surface area contributed by atoms with Crippen LogP contribution in [0, 0.1) is 5.41 Å². The van der Waals surface area contributed by atoms with Crippen LogP contribution in [0.25, 0.3) is 11.3 Å². The molecule has 2 aromatic rings. The maximum atomic E-state index is 7.40. The van der Waals surface area contributed by atoms with Crippen molar-refractivity contribution < 1.29 is 4.52 Å². The molecule has 0 saturated heterocycles. The Balaban J connectivity index is 2.38. The Labute approximate surface area is 99.9 Å². The molecule has 0 saturated carbocycles. The van der Waals surface area contributed by atoms with E-state index in [1.165, 1.54) is 0 Å². The molecule has 88 valence electrons. The monoisotopic (exact) mass is 229 g/mol. The molecule has 1 aromatic heterocycles. The van der Waals surface area contributed by atoms with Gasteiger partial charge in [-0.3, -0.25) is 5.41 Å². The fourth-order valence-electron chi connectivity index (χ4n) is 1.54. The van der Waals surface area contributed by atoms with Crippen LogP contribution in [-0.4, -0.2) is 11.0 Å². The molecule has 0 atom stereocenters. The van der Waals surface area contributed by atoms with Gasteiger partial charge in [0.1, 0.15) is 5.84 Å². The van der Waals surface area contributed by atoms with Crippen molar-refractivity contribution in [3.63, 3.8) is 0 Å². The first-order chi connectivity index (χ1) is 8.08. The van der Waals surface area contributed by atoms with E-state index < -0.39 is 0 Å². The lowest BCUT2D eigenvalue weighted by molar-refractivity contribution is 0.420. The molecule has 1 aromatic carbocycles. The molecule has 0 aliphatic rings. The minimum Gasteiger partial charge on any atom is -0.384 e. The number of hydrogen-bond acceptors (Lipinski definition) is 3. The van der Waals surface area contributed by atoms with Crippen molar-refractivity contribution in [1.82, 2.24) is 5.16 Å².